The van der Waals surface area contributed by atoms with Gasteiger partial charge >= 0.3 is 20.3 Å². The summed E-state index contributed by atoms with van der Waals surface area (Å²) < 4.78 is 77.0. The van der Waals surface area contributed by atoms with Crippen LogP contribution in [0.15, 0.2) is 180 Å². The molecule has 0 saturated carbocycles. The van der Waals surface area contributed by atoms with Crippen LogP contribution >= 0.6 is 17.1 Å². The summed E-state index contributed by atoms with van der Waals surface area (Å²) in [4.78, 5) is 82.4. The molecule has 2 saturated heterocycles. The van der Waals surface area contributed by atoms with Crippen LogP contribution in [0.3, 0.4) is 0 Å². The molecular weight excluding hydrogens is 1430 g/mol. The van der Waals surface area contributed by atoms with Gasteiger partial charge in [0.25, 0.3) is 20.0 Å². The number of imidazole rings is 1. The number of H-pyrrole nitrogens is 1. The number of rotatable bonds is 36. The fourth-order valence-electron chi connectivity index (χ4n) is 13.8. The molecule has 2 aliphatic heterocycles. The first-order valence-corrected chi connectivity index (χ1v) is 38.4. The zero-order valence-corrected chi connectivity index (χ0v) is 63.5. The number of nitrogens with zero attached hydrogens (tertiary/aromatic N) is 7. The van der Waals surface area contributed by atoms with E-state index in [0.717, 1.165) is 44.5 Å². The minimum atomic E-state index is -2.40. The van der Waals surface area contributed by atoms with Crippen LogP contribution in [0.25, 0.3) is 22.3 Å². The predicted molar refractivity (Wildman–Crippen MR) is 409 cm³/mol. The topological polar surface area (TPSA) is 302 Å². The first kappa shape index (κ1) is 78.7. The van der Waals surface area contributed by atoms with Gasteiger partial charge in [-0.2, -0.15) is 5.26 Å². The SMILES string of the molecule is C#CCCOP(OC1C[C@H](n2cc(C)c(=O)[nH]c2=O)O[C@@H]1COP(OCCC#N)OC1C[C@H](n2cnc3c(NC(=O)c4ccc(CNC(=O)CCCC(=O)OCC5c6ccccc6-c6ccccc65)cc4)ncnc32)O[C@@H]1COC(c1ccccc1)(c1ccc(OC)cc1)c1ccc(OC)cc1)N(C(C)C)C(C)C. The lowest BCUT2D eigenvalue weighted by Crippen LogP contribution is -2.38. The number of amides is 2. The van der Waals surface area contributed by atoms with Gasteiger partial charge in [-0.15, -0.1) is 12.3 Å². The maximum Gasteiger partial charge on any atom is 0.333 e. The van der Waals surface area contributed by atoms with Crippen molar-refractivity contribution in [3.8, 4) is 41.0 Å². The number of aromatic nitrogens is 6. The van der Waals surface area contributed by atoms with Crippen LogP contribution in [0.4, 0.5) is 5.82 Å². The Morgan fingerprint density at radius 2 is 1.31 bits per heavy atom. The molecule has 0 bridgehead atoms. The summed E-state index contributed by atoms with van der Waals surface area (Å²) in [6.45, 7) is 9.95. The van der Waals surface area contributed by atoms with E-state index in [-0.39, 0.29) is 113 Å². The van der Waals surface area contributed by atoms with E-state index < -0.39 is 76.8 Å². The Bertz CT molecular complexity index is 4700. The van der Waals surface area contributed by atoms with E-state index in [2.05, 4.69) is 66.5 Å². The van der Waals surface area contributed by atoms with Gasteiger partial charge in [-0.3, -0.25) is 33.3 Å². The fourth-order valence-corrected chi connectivity index (χ4v) is 16.7. The van der Waals surface area contributed by atoms with E-state index in [1.54, 1.807) is 56.3 Å². The summed E-state index contributed by atoms with van der Waals surface area (Å²) in [5, 5.41) is 15.7. The molecule has 5 heterocycles. The molecule has 6 aromatic carbocycles. The molecule has 3 aromatic heterocycles. The number of aryl methyl sites for hydroxylation is 1. The number of methoxy groups -OCH3 is 2. The number of carbonyl (C=O) groups is 3. The number of nitrogens with one attached hydrogen (secondary N) is 3. The Kier molecular flexibility index (Phi) is 26.7. The summed E-state index contributed by atoms with van der Waals surface area (Å²) in [6.07, 6.45) is 5.83. The number of carbonyl (C=O) groups excluding carboxylic acids is 3. The van der Waals surface area contributed by atoms with Gasteiger partial charge in [0.1, 0.15) is 54.7 Å². The first-order valence-electron chi connectivity index (χ1n) is 36.2. The van der Waals surface area contributed by atoms with Gasteiger partial charge in [-0.05, 0) is 122 Å². The first-order chi connectivity index (χ1) is 53.0. The molecule has 109 heavy (non-hydrogen) atoms. The molecule has 8 atom stereocenters. The van der Waals surface area contributed by atoms with E-state index in [1.165, 1.54) is 17.1 Å². The van der Waals surface area contributed by atoms with Crippen LogP contribution in [0, 0.1) is 30.6 Å². The lowest BCUT2D eigenvalue weighted by atomic mass is 9.80. The van der Waals surface area contributed by atoms with E-state index >= 15 is 0 Å². The standard InChI is InChI=1S/C81H88N10O16P2/c1-9-10-41-101-108(91(52(2)3)53(4)5)106-67-43-72(89-46-54(6)78(94)88-80(89)96)105-70(67)49-103-109(102-42-19-40-82)107-68-44-73(104-69(68)48-100-81(57-20-12-11-13-21-57,58-32-36-60(97-7)37-33-58)59-34-38-61(98-8)39-35-59)90-51-86-75-76(84-50-85-77(75)90)87-79(95)56-30-28-55(29-31-56)45-83-71(92)26-18-27-74(93)99-47-66-64-24-16-14-22-62(64)63-23-15-17-25-65(63)66/h1,11-17,20-25,28-39,46,50-53,66-70,72-73H,10,18-19,26-27,41-45,47-49H2,2-8H3,(H,83,92)(H,88,94,96)(H,84,85,87,95)/t67?,68?,69-,70-,72-,73-,108?,109?/m1/s1. The molecule has 1 aliphatic carbocycles. The lowest BCUT2D eigenvalue weighted by Gasteiger charge is -2.37. The Balaban J connectivity index is 0.775. The molecule has 9 aromatic rings. The average molecular weight is 1520 g/mol. The number of nitriles is 1. The van der Waals surface area contributed by atoms with Gasteiger partial charge in [0.2, 0.25) is 5.91 Å². The number of ether oxygens (including phenoxy) is 6. The van der Waals surface area contributed by atoms with Crippen molar-refractivity contribution >= 4 is 51.9 Å². The molecule has 12 rings (SSSR count). The molecule has 3 N–H and O–H groups in total. The summed E-state index contributed by atoms with van der Waals surface area (Å²) in [7, 11) is -0.992. The normalized spacial score (nSPS) is 18.1. The monoisotopic (exact) mass is 1520 g/mol. The van der Waals surface area contributed by atoms with Crippen LogP contribution in [0.5, 0.6) is 11.5 Å². The number of hydrogen-bond donors (Lipinski definition) is 3. The third-order valence-corrected chi connectivity index (χ3v) is 22.5. The third kappa shape index (κ3) is 18.7. The zero-order chi connectivity index (χ0) is 76.6. The Hall–Kier alpha value is -9.89. The summed E-state index contributed by atoms with van der Waals surface area (Å²) >= 11 is 0. The summed E-state index contributed by atoms with van der Waals surface area (Å²) in [5.74, 6) is 2.89. The zero-order valence-electron chi connectivity index (χ0n) is 61.7. The lowest BCUT2D eigenvalue weighted by molar-refractivity contribution is -0.144. The van der Waals surface area contributed by atoms with Crippen molar-refractivity contribution in [1.29, 1.82) is 5.26 Å². The van der Waals surface area contributed by atoms with Crippen LogP contribution in [0.2, 0.25) is 0 Å². The molecule has 568 valence electrons. The molecular formula is C81H88N10O16P2. The molecule has 2 amide bonds. The van der Waals surface area contributed by atoms with Crippen molar-refractivity contribution in [1.82, 2.24) is 39.1 Å². The summed E-state index contributed by atoms with van der Waals surface area (Å²) in [6, 6.07) is 50.2. The van der Waals surface area contributed by atoms with E-state index in [4.69, 9.17) is 62.4 Å². The molecule has 3 aliphatic rings. The maximum absolute atomic E-state index is 14.1. The number of benzene rings is 6. The average Bonchev–Trinajstić information content (AvgIpc) is 1.62. The van der Waals surface area contributed by atoms with Crippen molar-refractivity contribution in [3.05, 3.63) is 236 Å². The summed E-state index contributed by atoms with van der Waals surface area (Å²) in [5.41, 5.74) is 6.24. The number of hydrogen-bond acceptors (Lipinski definition) is 21. The van der Waals surface area contributed by atoms with E-state index in [9.17, 15) is 29.2 Å². The number of esters is 1. The largest absolute Gasteiger partial charge is 0.497 e. The van der Waals surface area contributed by atoms with Crippen LogP contribution in [-0.4, -0.2) is 135 Å². The quantitative estimate of drug-likeness (QED) is 0.0108. The number of terminal acetylenes is 1. The van der Waals surface area contributed by atoms with Crippen LogP contribution in [0.1, 0.15) is 140 Å². The van der Waals surface area contributed by atoms with Crippen LogP contribution in [-0.2, 0) is 63.3 Å². The van der Waals surface area contributed by atoms with Crippen molar-refractivity contribution in [2.75, 3.05) is 52.6 Å². The minimum Gasteiger partial charge on any atom is -0.497 e. The maximum atomic E-state index is 14.1. The highest BCUT2D eigenvalue weighted by atomic mass is 31.2. The fraction of sp³-hybridized carbons (Fsp3) is 0.370. The molecule has 0 radical (unpaired) electrons. The predicted octanol–water partition coefficient (Wildman–Crippen LogP) is 13.0. The van der Waals surface area contributed by atoms with Crippen molar-refractivity contribution in [2.45, 2.75) is 147 Å². The number of anilines is 1. The highest BCUT2D eigenvalue weighted by Crippen LogP contribution is 2.53. The van der Waals surface area contributed by atoms with Gasteiger partial charge in [0.05, 0.1) is 71.7 Å². The third-order valence-electron chi connectivity index (χ3n) is 19.1. The Morgan fingerprint density at radius 1 is 0.706 bits per heavy atom. The second kappa shape index (κ2) is 37.0. The van der Waals surface area contributed by atoms with E-state index in [0.29, 0.717) is 41.1 Å². The second-order valence-corrected chi connectivity index (χ2v) is 29.5. The van der Waals surface area contributed by atoms with Gasteiger partial charge in [0.15, 0.2) is 17.0 Å². The number of aromatic amines is 1. The second-order valence-electron chi connectivity index (χ2n) is 26.9. The molecule has 2 fully saturated rings. The van der Waals surface area contributed by atoms with Crippen LogP contribution < -0.4 is 31.4 Å². The van der Waals surface area contributed by atoms with Crippen molar-refractivity contribution in [2.24, 2.45) is 0 Å². The van der Waals surface area contributed by atoms with Gasteiger partial charge in [-0.25, -0.2) is 24.4 Å². The van der Waals surface area contributed by atoms with E-state index in [1.807, 2.05) is 131 Å². The molecule has 4 unspecified atom stereocenters. The number of fused-ring (bicyclic) bond motifs is 4. The molecule has 26 nitrogen and oxygen atoms in total. The Morgan fingerprint density at radius 3 is 1.94 bits per heavy atom. The smallest absolute Gasteiger partial charge is 0.333 e. The van der Waals surface area contributed by atoms with Gasteiger partial charge in [-0.1, -0.05) is 115 Å². The minimum absolute atomic E-state index is 0.0186. The highest BCUT2D eigenvalue weighted by molar-refractivity contribution is 7.44. The van der Waals surface area contributed by atoms with Crippen molar-refractivity contribution in [3.63, 3.8) is 0 Å². The molecule has 0 spiro atoms. The Labute approximate surface area is 634 Å². The van der Waals surface area contributed by atoms with Gasteiger partial charge < -0.3 is 61.7 Å². The molecule has 28 heteroatoms. The van der Waals surface area contributed by atoms with Gasteiger partial charge in [0, 0.05) is 74.0 Å². The van der Waals surface area contributed by atoms with Crippen molar-refractivity contribution < 1.29 is 65.4 Å². The highest BCUT2D eigenvalue weighted by Gasteiger charge is 2.47.